The van der Waals surface area contributed by atoms with Crippen LogP contribution in [-0.4, -0.2) is 49.7 Å². The summed E-state index contributed by atoms with van der Waals surface area (Å²) in [5.74, 6) is 0. The summed E-state index contributed by atoms with van der Waals surface area (Å²) in [5.41, 5.74) is 2.00. The third-order valence-electron chi connectivity index (χ3n) is 1.89. The number of halogens is 6. The van der Waals surface area contributed by atoms with Crippen LogP contribution in [0.4, 0.5) is 0 Å². The molecule has 1 nitrogen and oxygen atoms in total. The summed E-state index contributed by atoms with van der Waals surface area (Å²) in [7, 11) is -4.62. The van der Waals surface area contributed by atoms with Gasteiger partial charge in [0.1, 0.15) is 0 Å². The van der Waals surface area contributed by atoms with Crippen LogP contribution >= 0.6 is 69.6 Å². The van der Waals surface area contributed by atoms with E-state index in [9.17, 15) is 0 Å². The fourth-order valence-electron chi connectivity index (χ4n) is 0.837. The van der Waals surface area contributed by atoms with Crippen LogP contribution in [0.15, 0.2) is 0 Å². The lowest BCUT2D eigenvalue weighted by molar-refractivity contribution is 0.549. The highest BCUT2D eigenvalue weighted by molar-refractivity contribution is 7.00. The topological polar surface area (TPSA) is 9.23 Å². The summed E-state index contributed by atoms with van der Waals surface area (Å²) >= 11 is 35.2. The van der Waals surface area contributed by atoms with Gasteiger partial charge in [-0.3, -0.25) is 0 Å². The number of hydrogen-bond donors (Lipinski definition) is 0. The van der Waals surface area contributed by atoms with Crippen LogP contribution in [0.2, 0.25) is 0 Å². The zero-order valence-corrected chi connectivity index (χ0v) is 14.5. The molecular weight excluding hydrogens is 357 g/mol. The molecule has 0 bridgehead atoms. The molecule has 0 N–H and O–H groups in total. The van der Waals surface area contributed by atoms with Crippen molar-refractivity contribution in [2.45, 2.75) is 0 Å². The second-order valence-corrected chi connectivity index (χ2v) is 15.2. The van der Waals surface area contributed by atoms with E-state index in [4.69, 9.17) is 73.7 Å². The first kappa shape index (κ1) is 17.1. The average molecular weight is 369 g/mol. The van der Waals surface area contributed by atoms with E-state index in [1.807, 2.05) is 0 Å². The SMILES string of the molecule is ClC[Si](CCl)(CCl)O[Si](CCl)(CCl)CCl. The van der Waals surface area contributed by atoms with Gasteiger partial charge in [-0.2, -0.15) is 0 Å². The largest absolute Gasteiger partial charge is 0.451 e. The van der Waals surface area contributed by atoms with Gasteiger partial charge in [-0.05, 0) is 0 Å². The Labute approximate surface area is 123 Å². The van der Waals surface area contributed by atoms with Gasteiger partial charge in [-0.15, -0.1) is 69.6 Å². The van der Waals surface area contributed by atoms with Crippen LogP contribution in [0.3, 0.4) is 0 Å². The van der Waals surface area contributed by atoms with Gasteiger partial charge < -0.3 is 4.12 Å². The minimum Gasteiger partial charge on any atom is -0.451 e. The second-order valence-electron chi connectivity index (χ2n) is 3.27. The zero-order valence-electron chi connectivity index (χ0n) is 7.92. The Morgan fingerprint density at radius 1 is 0.533 bits per heavy atom. The molecule has 92 valence electrons. The summed E-state index contributed by atoms with van der Waals surface area (Å²) in [6.07, 6.45) is 0. The highest BCUT2D eigenvalue weighted by Gasteiger charge is 2.43. The summed E-state index contributed by atoms with van der Waals surface area (Å²) in [6.45, 7) is 0. The summed E-state index contributed by atoms with van der Waals surface area (Å²) in [6, 6.07) is 0. The highest BCUT2D eigenvalue weighted by atomic mass is 35.5. The third-order valence-corrected chi connectivity index (χ3v) is 17.0. The molecular formula is C6H12Cl6OSi2. The fraction of sp³-hybridized carbons (Fsp3) is 1.00. The molecule has 0 aliphatic heterocycles. The van der Waals surface area contributed by atoms with Gasteiger partial charge in [0, 0.05) is 33.0 Å². The van der Waals surface area contributed by atoms with Crippen molar-refractivity contribution < 1.29 is 4.12 Å². The molecule has 0 radical (unpaired) electrons. The van der Waals surface area contributed by atoms with Crippen LogP contribution in [0.25, 0.3) is 0 Å². The molecule has 0 atom stereocenters. The highest BCUT2D eigenvalue weighted by Crippen LogP contribution is 2.22. The van der Waals surface area contributed by atoms with Crippen molar-refractivity contribution in [3.8, 4) is 0 Å². The molecule has 0 heterocycles. The minimum atomic E-state index is -2.31. The molecule has 0 amide bonds. The zero-order chi connectivity index (χ0) is 11.9. The quantitative estimate of drug-likeness (QED) is 0.470. The normalized spacial score (nSPS) is 13.2. The maximum atomic E-state index is 6.01. The van der Waals surface area contributed by atoms with Crippen molar-refractivity contribution in [3.05, 3.63) is 0 Å². The molecule has 0 fully saturated rings. The summed E-state index contributed by atoms with van der Waals surface area (Å²) in [4.78, 5) is 0. The van der Waals surface area contributed by atoms with Crippen LogP contribution in [-0.2, 0) is 4.12 Å². The monoisotopic (exact) mass is 366 g/mol. The van der Waals surface area contributed by atoms with Crippen LogP contribution in [0, 0.1) is 0 Å². The smallest absolute Gasteiger partial charge is 0.224 e. The van der Waals surface area contributed by atoms with Crippen molar-refractivity contribution >= 4 is 86.2 Å². The van der Waals surface area contributed by atoms with Crippen molar-refractivity contribution in [1.29, 1.82) is 0 Å². The van der Waals surface area contributed by atoms with Gasteiger partial charge in [0.15, 0.2) is 0 Å². The first-order chi connectivity index (χ1) is 7.07. The van der Waals surface area contributed by atoms with Crippen LogP contribution < -0.4 is 0 Å². The number of rotatable bonds is 8. The molecule has 0 aromatic carbocycles. The van der Waals surface area contributed by atoms with E-state index >= 15 is 0 Å². The Morgan fingerprint density at radius 3 is 0.867 bits per heavy atom. The number of alkyl halides is 6. The molecule has 0 aromatic rings. The van der Waals surface area contributed by atoms with Crippen molar-refractivity contribution in [2.75, 3.05) is 33.0 Å². The molecule has 0 unspecified atom stereocenters. The molecule has 0 aliphatic rings. The van der Waals surface area contributed by atoms with Gasteiger partial charge in [-0.1, -0.05) is 0 Å². The molecule has 0 aliphatic carbocycles. The maximum absolute atomic E-state index is 6.01. The lowest BCUT2D eigenvalue weighted by Gasteiger charge is -2.36. The Morgan fingerprint density at radius 2 is 0.733 bits per heavy atom. The lowest BCUT2D eigenvalue weighted by Crippen LogP contribution is -2.60. The Kier molecular flexibility index (Phi) is 9.45. The molecule has 0 rings (SSSR count). The van der Waals surface area contributed by atoms with Crippen molar-refractivity contribution in [3.63, 3.8) is 0 Å². The third kappa shape index (κ3) is 4.72. The molecule has 0 spiro atoms. The van der Waals surface area contributed by atoms with E-state index in [-0.39, 0.29) is 0 Å². The second kappa shape index (κ2) is 8.27. The van der Waals surface area contributed by atoms with Gasteiger partial charge in [-0.25, -0.2) is 0 Å². The van der Waals surface area contributed by atoms with E-state index in [0.717, 1.165) is 0 Å². The van der Waals surface area contributed by atoms with Gasteiger partial charge in [0.25, 0.3) is 0 Å². The van der Waals surface area contributed by atoms with E-state index < -0.39 is 16.6 Å². The standard InChI is InChI=1S/C6H12Cl6OSi2/c7-1-14(2-8,3-9)13-15(4-10,5-11)6-12/h1-6H2. The van der Waals surface area contributed by atoms with Crippen molar-refractivity contribution in [1.82, 2.24) is 0 Å². The van der Waals surface area contributed by atoms with E-state index in [0.29, 0.717) is 33.0 Å². The predicted molar refractivity (Wildman–Crippen MR) is 76.9 cm³/mol. The first-order valence-corrected chi connectivity index (χ1v) is 12.4. The van der Waals surface area contributed by atoms with Crippen molar-refractivity contribution in [2.24, 2.45) is 0 Å². The molecule has 9 heteroatoms. The Bertz CT molecular complexity index is 140. The average Bonchev–Trinajstić information content (AvgIpc) is 2.33. The Balaban J connectivity index is 4.74. The van der Waals surface area contributed by atoms with Gasteiger partial charge >= 0.3 is 0 Å². The fourth-order valence-corrected chi connectivity index (χ4v) is 14.3. The van der Waals surface area contributed by atoms with Gasteiger partial charge in [0.2, 0.25) is 16.6 Å². The molecule has 0 aromatic heterocycles. The van der Waals surface area contributed by atoms with Crippen LogP contribution in [0.5, 0.6) is 0 Å². The predicted octanol–water partition coefficient (Wildman–Crippen LogP) is 3.56. The molecule has 15 heavy (non-hydrogen) atoms. The van der Waals surface area contributed by atoms with E-state index in [1.54, 1.807) is 0 Å². The lowest BCUT2D eigenvalue weighted by atomic mass is 11.8. The van der Waals surface area contributed by atoms with E-state index in [1.165, 1.54) is 0 Å². The minimum absolute atomic E-state index is 0.333. The maximum Gasteiger partial charge on any atom is 0.224 e. The van der Waals surface area contributed by atoms with Gasteiger partial charge in [0.05, 0.1) is 0 Å². The first-order valence-electron chi connectivity index (χ1n) is 4.13. The summed E-state index contributed by atoms with van der Waals surface area (Å²) in [5, 5.41) is 0. The van der Waals surface area contributed by atoms with Crippen LogP contribution in [0.1, 0.15) is 0 Å². The Hall–Kier alpha value is 2.13. The molecule has 0 saturated carbocycles. The summed E-state index contributed by atoms with van der Waals surface area (Å²) < 4.78 is 6.01. The van der Waals surface area contributed by atoms with E-state index in [2.05, 4.69) is 0 Å². The number of hydrogen-bond acceptors (Lipinski definition) is 1. The molecule has 0 saturated heterocycles.